The van der Waals surface area contributed by atoms with Crippen LogP contribution in [-0.2, 0) is 14.3 Å². The second-order valence-corrected chi connectivity index (χ2v) is 8.06. The van der Waals surface area contributed by atoms with Crippen molar-refractivity contribution in [2.45, 2.75) is 57.5 Å². The fraction of sp³-hybridized carbons (Fsp3) is 0.778. The number of ether oxygens (including phenoxy) is 1. The summed E-state index contributed by atoms with van der Waals surface area (Å²) in [5.74, 6) is 1.06. The standard InChI is InChI=1S/C18H25IO3/c1-2-12-5-8-18-7-3-4-13(17(18)14(20)6-9-18)15(10-12)22-16(21)11-19/h2,12-13,15,17H,1,3-11H2. The molecule has 5 atom stereocenters. The molecule has 3 fully saturated rings. The summed E-state index contributed by atoms with van der Waals surface area (Å²) in [6.45, 7) is 3.97. The lowest BCUT2D eigenvalue weighted by atomic mass is 9.57. The number of rotatable bonds is 3. The predicted octanol–water partition coefficient (Wildman–Crippen LogP) is 4.08. The molecule has 22 heavy (non-hydrogen) atoms. The van der Waals surface area contributed by atoms with E-state index in [4.69, 9.17) is 4.74 Å². The van der Waals surface area contributed by atoms with Crippen LogP contribution in [0.1, 0.15) is 51.4 Å². The zero-order valence-corrected chi connectivity index (χ0v) is 15.2. The SMILES string of the molecule is C=CC1CCC23CCCC(C(OC(=O)CI)C1)C2C(=O)CC3. The maximum Gasteiger partial charge on any atom is 0.316 e. The van der Waals surface area contributed by atoms with Crippen molar-refractivity contribution < 1.29 is 14.3 Å². The van der Waals surface area contributed by atoms with Crippen LogP contribution in [0.25, 0.3) is 0 Å². The molecule has 0 saturated heterocycles. The van der Waals surface area contributed by atoms with Gasteiger partial charge in [0, 0.05) is 18.3 Å². The van der Waals surface area contributed by atoms with E-state index in [9.17, 15) is 9.59 Å². The van der Waals surface area contributed by atoms with Gasteiger partial charge in [-0.05, 0) is 49.9 Å². The van der Waals surface area contributed by atoms with Gasteiger partial charge in [-0.3, -0.25) is 9.59 Å². The fourth-order valence-corrected chi connectivity index (χ4v) is 5.45. The van der Waals surface area contributed by atoms with Crippen LogP contribution >= 0.6 is 22.6 Å². The Kier molecular flexibility index (Phi) is 4.95. The number of allylic oxidation sites excluding steroid dienone is 1. The molecule has 0 N–H and O–H groups in total. The summed E-state index contributed by atoms with van der Waals surface area (Å²) >= 11 is 2.05. The minimum Gasteiger partial charge on any atom is -0.461 e. The molecule has 3 rings (SSSR count). The first-order valence-electron chi connectivity index (χ1n) is 8.50. The van der Waals surface area contributed by atoms with Gasteiger partial charge in [0.15, 0.2) is 0 Å². The topological polar surface area (TPSA) is 43.4 Å². The van der Waals surface area contributed by atoms with Gasteiger partial charge in [-0.25, -0.2) is 0 Å². The quantitative estimate of drug-likeness (QED) is 0.301. The van der Waals surface area contributed by atoms with Crippen molar-refractivity contribution in [3.63, 3.8) is 0 Å². The van der Waals surface area contributed by atoms with Crippen LogP contribution in [0.2, 0.25) is 0 Å². The third kappa shape index (κ3) is 2.87. The first-order valence-corrected chi connectivity index (χ1v) is 10.0. The number of alkyl halides is 1. The summed E-state index contributed by atoms with van der Waals surface area (Å²) < 4.78 is 6.18. The molecule has 0 aromatic heterocycles. The highest BCUT2D eigenvalue weighted by Crippen LogP contribution is 2.58. The molecule has 0 aromatic carbocycles. The van der Waals surface area contributed by atoms with Gasteiger partial charge < -0.3 is 4.74 Å². The highest BCUT2D eigenvalue weighted by atomic mass is 127. The van der Waals surface area contributed by atoms with Crippen LogP contribution in [0.4, 0.5) is 0 Å². The van der Waals surface area contributed by atoms with Gasteiger partial charge in [-0.2, -0.15) is 0 Å². The monoisotopic (exact) mass is 416 g/mol. The van der Waals surface area contributed by atoms with E-state index in [1.807, 2.05) is 6.08 Å². The Bertz CT molecular complexity index is 475. The van der Waals surface area contributed by atoms with Crippen LogP contribution < -0.4 is 0 Å². The minimum absolute atomic E-state index is 0.0997. The maximum atomic E-state index is 12.6. The molecule has 122 valence electrons. The third-order valence-corrected chi connectivity index (χ3v) is 6.89. The van der Waals surface area contributed by atoms with Gasteiger partial charge in [-0.1, -0.05) is 35.1 Å². The molecule has 0 radical (unpaired) electrons. The molecule has 2 bridgehead atoms. The molecule has 0 aromatic rings. The smallest absolute Gasteiger partial charge is 0.316 e. The third-order valence-electron chi connectivity index (χ3n) is 6.27. The van der Waals surface area contributed by atoms with E-state index in [-0.39, 0.29) is 29.3 Å². The molecular weight excluding hydrogens is 391 g/mol. The summed E-state index contributed by atoms with van der Waals surface area (Å²) in [4.78, 5) is 24.4. The van der Waals surface area contributed by atoms with Crippen LogP contribution in [0.5, 0.6) is 0 Å². The van der Waals surface area contributed by atoms with E-state index in [1.165, 1.54) is 12.8 Å². The number of hydrogen-bond acceptors (Lipinski definition) is 3. The van der Waals surface area contributed by atoms with Gasteiger partial charge in [0.05, 0.1) is 4.43 Å². The minimum atomic E-state index is -0.143. The lowest BCUT2D eigenvalue weighted by molar-refractivity contribution is -0.157. The van der Waals surface area contributed by atoms with Crippen molar-refractivity contribution in [1.82, 2.24) is 0 Å². The molecule has 0 heterocycles. The average Bonchev–Trinajstić information content (AvgIpc) is 2.86. The number of hydrogen-bond donors (Lipinski definition) is 0. The molecule has 0 amide bonds. The van der Waals surface area contributed by atoms with Crippen molar-refractivity contribution in [3.8, 4) is 0 Å². The number of carbonyl (C=O) groups excluding carboxylic acids is 2. The molecule has 3 aliphatic carbocycles. The second-order valence-electron chi connectivity index (χ2n) is 7.29. The molecule has 5 unspecified atom stereocenters. The first kappa shape index (κ1) is 16.5. The molecule has 3 aliphatic rings. The summed E-state index contributed by atoms with van der Waals surface area (Å²) in [5.41, 5.74) is 0.191. The van der Waals surface area contributed by atoms with Crippen LogP contribution in [-0.4, -0.2) is 22.3 Å². The zero-order valence-electron chi connectivity index (χ0n) is 13.1. The van der Waals surface area contributed by atoms with Crippen molar-refractivity contribution in [1.29, 1.82) is 0 Å². The molecule has 0 aliphatic heterocycles. The van der Waals surface area contributed by atoms with Crippen LogP contribution in [0.15, 0.2) is 12.7 Å². The van der Waals surface area contributed by atoms with Crippen molar-refractivity contribution >= 4 is 34.3 Å². The predicted molar refractivity (Wildman–Crippen MR) is 93.8 cm³/mol. The number of ketones is 1. The van der Waals surface area contributed by atoms with Crippen molar-refractivity contribution in [3.05, 3.63) is 12.7 Å². The summed E-state index contributed by atoms with van der Waals surface area (Å²) in [6.07, 6.45) is 10.1. The Morgan fingerprint density at radius 3 is 2.91 bits per heavy atom. The molecule has 4 heteroatoms. The van der Waals surface area contributed by atoms with Crippen LogP contribution in [0, 0.1) is 23.2 Å². The van der Waals surface area contributed by atoms with E-state index in [0.29, 0.717) is 16.1 Å². The molecular formula is C18H25IO3. The average molecular weight is 416 g/mol. The van der Waals surface area contributed by atoms with Gasteiger partial charge in [0.1, 0.15) is 11.9 Å². The Balaban J connectivity index is 1.92. The normalized spacial score (nSPS) is 41.2. The summed E-state index contributed by atoms with van der Waals surface area (Å²) in [7, 11) is 0. The highest BCUT2D eigenvalue weighted by Gasteiger charge is 2.56. The number of Topliss-reactive ketones (excluding diaryl/α,β-unsaturated/α-hetero) is 1. The molecule has 3 nitrogen and oxygen atoms in total. The first-order chi connectivity index (χ1) is 10.6. The lowest BCUT2D eigenvalue weighted by Crippen LogP contribution is -2.47. The highest BCUT2D eigenvalue weighted by molar-refractivity contribution is 14.1. The Morgan fingerprint density at radius 2 is 2.18 bits per heavy atom. The summed E-state index contributed by atoms with van der Waals surface area (Å²) in [5, 5.41) is 0. The maximum absolute atomic E-state index is 12.6. The second kappa shape index (κ2) is 6.62. The van der Waals surface area contributed by atoms with Crippen LogP contribution in [0.3, 0.4) is 0 Å². The lowest BCUT2D eigenvalue weighted by Gasteiger charge is -2.48. The van der Waals surface area contributed by atoms with E-state index < -0.39 is 0 Å². The Morgan fingerprint density at radius 1 is 1.36 bits per heavy atom. The molecule has 3 saturated carbocycles. The largest absolute Gasteiger partial charge is 0.461 e. The van der Waals surface area contributed by atoms with Crippen molar-refractivity contribution in [2.24, 2.45) is 23.2 Å². The van der Waals surface area contributed by atoms with E-state index >= 15 is 0 Å². The van der Waals surface area contributed by atoms with E-state index in [0.717, 1.165) is 38.5 Å². The van der Waals surface area contributed by atoms with Gasteiger partial charge in [-0.15, -0.1) is 6.58 Å². The molecule has 0 spiro atoms. The zero-order chi connectivity index (χ0) is 15.7. The Labute approximate surface area is 146 Å². The Hall–Kier alpha value is -0.390. The van der Waals surface area contributed by atoms with E-state index in [2.05, 4.69) is 29.2 Å². The van der Waals surface area contributed by atoms with Gasteiger partial charge >= 0.3 is 5.97 Å². The fourth-order valence-electron chi connectivity index (χ4n) is 5.27. The van der Waals surface area contributed by atoms with E-state index in [1.54, 1.807) is 0 Å². The summed E-state index contributed by atoms with van der Waals surface area (Å²) in [6, 6.07) is 0. The van der Waals surface area contributed by atoms with Crippen molar-refractivity contribution in [2.75, 3.05) is 4.43 Å². The number of esters is 1. The van der Waals surface area contributed by atoms with Gasteiger partial charge in [0.25, 0.3) is 0 Å². The number of carbonyl (C=O) groups is 2. The number of halogens is 1. The van der Waals surface area contributed by atoms with Gasteiger partial charge in [0.2, 0.25) is 0 Å².